The lowest BCUT2D eigenvalue weighted by Gasteiger charge is -2.35. The predicted octanol–water partition coefficient (Wildman–Crippen LogP) is 2.48. The summed E-state index contributed by atoms with van der Waals surface area (Å²) in [7, 11) is 2.05. The quantitative estimate of drug-likeness (QED) is 0.854. The number of fused-ring (bicyclic) bond motifs is 3. The number of hydrogen-bond acceptors (Lipinski definition) is 4. The van der Waals surface area contributed by atoms with Crippen LogP contribution in [-0.4, -0.2) is 34.9 Å². The normalized spacial score (nSPS) is 32.6. The van der Waals surface area contributed by atoms with Gasteiger partial charge in [0.25, 0.3) is 0 Å². The maximum atomic E-state index is 12.2. The average Bonchev–Trinajstić information content (AvgIpc) is 2.84. The Morgan fingerprint density at radius 2 is 2.10 bits per heavy atom. The van der Waals surface area contributed by atoms with Gasteiger partial charge in [0.2, 0.25) is 0 Å². The van der Waals surface area contributed by atoms with Crippen molar-refractivity contribution in [2.75, 3.05) is 12.4 Å². The zero-order valence-electron chi connectivity index (χ0n) is 12.8. The lowest BCUT2D eigenvalue weighted by Crippen LogP contribution is -2.43. The molecule has 1 aromatic rings. The number of carbonyl (C=O) groups is 1. The van der Waals surface area contributed by atoms with Crippen LogP contribution in [0.4, 0.5) is 5.82 Å². The van der Waals surface area contributed by atoms with E-state index < -0.39 is 0 Å². The van der Waals surface area contributed by atoms with Crippen LogP contribution >= 0.6 is 0 Å². The van der Waals surface area contributed by atoms with Gasteiger partial charge in [-0.2, -0.15) is 0 Å². The SMILES string of the molecule is CC(=O)C1C(C(C)(C)C)C2c3cccnc3NC2N1C. The Balaban J connectivity index is 2.11. The molecule has 2 aliphatic rings. The fourth-order valence-corrected chi connectivity index (χ4v) is 4.13. The van der Waals surface area contributed by atoms with Crippen molar-refractivity contribution < 1.29 is 4.79 Å². The molecule has 1 aromatic heterocycles. The summed E-state index contributed by atoms with van der Waals surface area (Å²) in [5, 5.41) is 3.50. The van der Waals surface area contributed by atoms with Crippen molar-refractivity contribution in [2.45, 2.75) is 45.8 Å². The molecule has 4 nitrogen and oxygen atoms in total. The van der Waals surface area contributed by atoms with Crippen LogP contribution in [0.25, 0.3) is 0 Å². The molecule has 0 radical (unpaired) electrons. The Bertz CT molecular complexity index is 549. The summed E-state index contributed by atoms with van der Waals surface area (Å²) >= 11 is 0. The number of ketones is 1. The summed E-state index contributed by atoms with van der Waals surface area (Å²) < 4.78 is 0. The number of likely N-dealkylation sites (tertiary alicyclic amines) is 1. The zero-order chi connectivity index (χ0) is 14.7. The highest BCUT2D eigenvalue weighted by Crippen LogP contribution is 2.54. The molecule has 20 heavy (non-hydrogen) atoms. The number of nitrogens with one attached hydrogen (secondary N) is 1. The number of nitrogens with zero attached hydrogens (tertiary/aromatic N) is 2. The first-order chi connectivity index (χ1) is 9.32. The molecule has 4 atom stereocenters. The fraction of sp³-hybridized carbons (Fsp3) is 0.625. The molecule has 0 aromatic carbocycles. The van der Waals surface area contributed by atoms with Crippen LogP contribution in [-0.2, 0) is 4.79 Å². The Morgan fingerprint density at radius 3 is 2.70 bits per heavy atom. The minimum Gasteiger partial charge on any atom is -0.354 e. The molecule has 1 saturated heterocycles. The van der Waals surface area contributed by atoms with Gasteiger partial charge in [-0.05, 0) is 31.4 Å². The van der Waals surface area contributed by atoms with Crippen LogP contribution in [0.3, 0.4) is 0 Å². The van der Waals surface area contributed by atoms with E-state index in [1.165, 1.54) is 5.56 Å². The summed E-state index contributed by atoms with van der Waals surface area (Å²) in [6.45, 7) is 8.42. The van der Waals surface area contributed by atoms with Crippen LogP contribution in [0.2, 0.25) is 0 Å². The molecule has 0 saturated carbocycles. The van der Waals surface area contributed by atoms with Crippen LogP contribution in [0.5, 0.6) is 0 Å². The number of Topliss-reactive ketones (excluding diaryl/α,β-unsaturated/α-hetero) is 1. The predicted molar refractivity (Wildman–Crippen MR) is 79.6 cm³/mol. The van der Waals surface area contributed by atoms with Crippen molar-refractivity contribution in [3.63, 3.8) is 0 Å². The second-order valence-corrected chi connectivity index (χ2v) is 7.17. The number of rotatable bonds is 1. The van der Waals surface area contributed by atoms with Gasteiger partial charge < -0.3 is 5.32 Å². The molecule has 3 heterocycles. The first kappa shape index (κ1) is 13.6. The topological polar surface area (TPSA) is 45.2 Å². The third kappa shape index (κ3) is 1.78. The molecule has 2 aliphatic heterocycles. The molecule has 1 fully saturated rings. The fourth-order valence-electron chi connectivity index (χ4n) is 4.13. The van der Waals surface area contributed by atoms with Crippen molar-refractivity contribution in [3.8, 4) is 0 Å². The van der Waals surface area contributed by atoms with Crippen LogP contribution < -0.4 is 5.32 Å². The van der Waals surface area contributed by atoms with Gasteiger partial charge in [-0.3, -0.25) is 9.69 Å². The van der Waals surface area contributed by atoms with Gasteiger partial charge in [0, 0.05) is 17.7 Å². The van der Waals surface area contributed by atoms with Crippen molar-refractivity contribution >= 4 is 11.6 Å². The number of likely N-dealkylation sites (N-methyl/N-ethyl adjacent to an activating group) is 1. The van der Waals surface area contributed by atoms with E-state index in [2.05, 4.69) is 42.0 Å². The Hall–Kier alpha value is -1.42. The highest BCUT2D eigenvalue weighted by Gasteiger charge is 2.56. The van der Waals surface area contributed by atoms with E-state index in [9.17, 15) is 4.79 Å². The molecule has 4 heteroatoms. The zero-order valence-corrected chi connectivity index (χ0v) is 12.8. The first-order valence-electron chi connectivity index (χ1n) is 7.26. The van der Waals surface area contributed by atoms with Gasteiger partial charge in [0.15, 0.2) is 0 Å². The van der Waals surface area contributed by atoms with E-state index >= 15 is 0 Å². The molecule has 1 N–H and O–H groups in total. The molecule has 4 unspecified atom stereocenters. The van der Waals surface area contributed by atoms with Gasteiger partial charge >= 0.3 is 0 Å². The van der Waals surface area contributed by atoms with Crippen molar-refractivity contribution in [2.24, 2.45) is 11.3 Å². The molecule has 0 spiro atoms. The minimum atomic E-state index is -0.0224. The standard InChI is InChI=1S/C16H23N3O/c1-9(20)13-12(16(2,3)4)11-10-7-6-8-17-14(10)18-15(11)19(13)5/h6-8,11-13,15H,1-5H3,(H,17,18). The molecular weight excluding hydrogens is 250 g/mol. The largest absolute Gasteiger partial charge is 0.354 e. The molecule has 0 bridgehead atoms. The van der Waals surface area contributed by atoms with E-state index in [4.69, 9.17) is 0 Å². The van der Waals surface area contributed by atoms with Gasteiger partial charge in [0.1, 0.15) is 11.6 Å². The maximum absolute atomic E-state index is 12.2. The van der Waals surface area contributed by atoms with Crippen LogP contribution in [0, 0.1) is 11.3 Å². The summed E-state index contributed by atoms with van der Waals surface area (Å²) in [6.07, 6.45) is 2.00. The van der Waals surface area contributed by atoms with E-state index in [1.807, 2.05) is 19.3 Å². The highest BCUT2D eigenvalue weighted by molar-refractivity contribution is 5.83. The van der Waals surface area contributed by atoms with E-state index in [1.54, 1.807) is 6.92 Å². The Kier molecular flexibility index (Phi) is 2.91. The minimum absolute atomic E-state index is 0.0224. The lowest BCUT2D eigenvalue weighted by molar-refractivity contribution is -0.123. The highest BCUT2D eigenvalue weighted by atomic mass is 16.1. The summed E-state index contributed by atoms with van der Waals surface area (Å²) in [6, 6.07) is 4.12. The summed E-state index contributed by atoms with van der Waals surface area (Å²) in [5.74, 6) is 1.87. The lowest BCUT2D eigenvalue weighted by atomic mass is 9.69. The molecule has 3 rings (SSSR count). The number of carbonyl (C=O) groups excluding carboxylic acids is 1. The second kappa shape index (κ2) is 4.29. The van der Waals surface area contributed by atoms with Crippen molar-refractivity contribution in [1.82, 2.24) is 9.88 Å². The van der Waals surface area contributed by atoms with Gasteiger partial charge in [-0.25, -0.2) is 4.98 Å². The average molecular weight is 273 g/mol. The second-order valence-electron chi connectivity index (χ2n) is 7.17. The maximum Gasteiger partial charge on any atom is 0.147 e. The van der Waals surface area contributed by atoms with Crippen molar-refractivity contribution in [3.05, 3.63) is 23.9 Å². The Labute approximate surface area is 120 Å². The monoisotopic (exact) mass is 273 g/mol. The Morgan fingerprint density at radius 1 is 1.40 bits per heavy atom. The number of aromatic nitrogens is 1. The number of hydrogen-bond donors (Lipinski definition) is 1. The number of anilines is 1. The van der Waals surface area contributed by atoms with Crippen LogP contribution in [0.15, 0.2) is 18.3 Å². The molecular formula is C16H23N3O. The van der Waals surface area contributed by atoms with Crippen LogP contribution in [0.1, 0.15) is 39.2 Å². The third-order valence-corrected chi connectivity index (χ3v) is 4.84. The molecule has 0 amide bonds. The van der Waals surface area contributed by atoms with Gasteiger partial charge in [0.05, 0.1) is 12.2 Å². The summed E-state index contributed by atoms with van der Waals surface area (Å²) in [5.41, 5.74) is 1.33. The van der Waals surface area contributed by atoms with Gasteiger partial charge in [-0.15, -0.1) is 0 Å². The van der Waals surface area contributed by atoms with E-state index in [-0.39, 0.29) is 23.4 Å². The molecule has 108 valence electrons. The third-order valence-electron chi connectivity index (χ3n) is 4.84. The van der Waals surface area contributed by atoms with Gasteiger partial charge in [-0.1, -0.05) is 26.8 Å². The van der Waals surface area contributed by atoms with E-state index in [0.29, 0.717) is 11.8 Å². The van der Waals surface area contributed by atoms with Crippen molar-refractivity contribution in [1.29, 1.82) is 0 Å². The first-order valence-corrected chi connectivity index (χ1v) is 7.26. The smallest absolute Gasteiger partial charge is 0.147 e. The van der Waals surface area contributed by atoms with E-state index in [0.717, 1.165) is 5.82 Å². The number of pyridine rings is 1. The molecule has 0 aliphatic carbocycles. The summed E-state index contributed by atoms with van der Waals surface area (Å²) in [4.78, 5) is 18.8.